The quantitative estimate of drug-likeness (QED) is 0.202. The number of carbonyl (C=O) groups is 1. The lowest BCUT2D eigenvalue weighted by Crippen LogP contribution is -2.33. The Morgan fingerprint density at radius 2 is 1.95 bits per heavy atom. The van der Waals surface area contributed by atoms with Crippen molar-refractivity contribution in [1.29, 1.82) is 0 Å². The standard InChI is InChI=1S/C25H32N6O6S/c1-2-3-14-38(34,35)37-21-7-5-20(6-8-21)36-17-19(32)16-26-12-13-31-24-10-4-18(15-23(24)28-30-31)22-9-11-25(33)29-27-22/h4-8,10,15,19,26,32H,2-3,9,11-14,16-17H2,1H3,(H,29,33). The van der Waals surface area contributed by atoms with E-state index in [1.807, 2.05) is 25.1 Å². The van der Waals surface area contributed by atoms with Crippen LogP contribution >= 0.6 is 0 Å². The van der Waals surface area contributed by atoms with Gasteiger partial charge in [-0.25, -0.2) is 10.1 Å². The number of fused-ring (bicyclic) bond motifs is 1. The van der Waals surface area contributed by atoms with E-state index < -0.39 is 16.2 Å². The highest BCUT2D eigenvalue weighted by molar-refractivity contribution is 7.87. The number of carbonyl (C=O) groups excluding carboxylic acids is 1. The summed E-state index contributed by atoms with van der Waals surface area (Å²) in [6.07, 6.45) is 1.58. The molecule has 1 aliphatic rings. The molecular formula is C25H32N6O6S. The molecule has 0 radical (unpaired) electrons. The SMILES string of the molecule is CCCCS(=O)(=O)Oc1ccc(OCC(O)CNCCn2nnc3cc(C4=NNC(=O)CC4)ccc32)cc1. The van der Waals surface area contributed by atoms with Gasteiger partial charge in [-0.3, -0.25) is 4.79 Å². The summed E-state index contributed by atoms with van der Waals surface area (Å²) in [6.45, 7) is 3.43. The molecule has 13 heteroatoms. The summed E-state index contributed by atoms with van der Waals surface area (Å²) in [5.74, 6) is 0.621. The number of hydrazone groups is 1. The second kappa shape index (κ2) is 12.8. The van der Waals surface area contributed by atoms with E-state index in [4.69, 9.17) is 8.92 Å². The van der Waals surface area contributed by atoms with Crippen molar-refractivity contribution in [3.8, 4) is 11.5 Å². The van der Waals surface area contributed by atoms with Crippen LogP contribution in [0.25, 0.3) is 11.0 Å². The molecule has 1 atom stereocenters. The molecule has 1 aromatic heterocycles. The molecule has 0 aliphatic carbocycles. The number of nitrogens with one attached hydrogen (secondary N) is 2. The third-order valence-electron chi connectivity index (χ3n) is 5.87. The van der Waals surface area contributed by atoms with Gasteiger partial charge >= 0.3 is 10.1 Å². The Kier molecular flexibility index (Phi) is 9.26. The zero-order valence-corrected chi connectivity index (χ0v) is 22.0. The van der Waals surface area contributed by atoms with E-state index in [1.54, 1.807) is 16.8 Å². The van der Waals surface area contributed by atoms with Crippen LogP contribution in [-0.2, 0) is 21.5 Å². The Bertz CT molecular complexity index is 1370. The van der Waals surface area contributed by atoms with Gasteiger partial charge in [-0.05, 0) is 42.8 Å². The van der Waals surface area contributed by atoms with Crippen LogP contribution in [0.4, 0.5) is 0 Å². The summed E-state index contributed by atoms with van der Waals surface area (Å²) in [5, 5.41) is 26.0. The second-order valence-electron chi connectivity index (χ2n) is 8.95. The second-order valence-corrected chi connectivity index (χ2v) is 10.6. The molecule has 0 spiro atoms. The molecule has 3 N–H and O–H groups in total. The lowest BCUT2D eigenvalue weighted by molar-refractivity contribution is -0.121. The molecule has 0 bridgehead atoms. The number of aliphatic hydroxyl groups excluding tert-OH is 1. The van der Waals surface area contributed by atoms with E-state index in [2.05, 4.69) is 26.2 Å². The number of nitrogens with zero attached hydrogens (tertiary/aromatic N) is 4. The molecule has 1 aliphatic heterocycles. The van der Waals surface area contributed by atoms with Gasteiger partial charge in [-0.1, -0.05) is 24.6 Å². The molecule has 12 nitrogen and oxygen atoms in total. The van der Waals surface area contributed by atoms with Crippen LogP contribution in [-0.4, -0.2) is 71.7 Å². The highest BCUT2D eigenvalue weighted by Crippen LogP contribution is 2.20. The van der Waals surface area contributed by atoms with Crippen molar-refractivity contribution in [2.24, 2.45) is 5.10 Å². The normalized spacial score (nSPS) is 14.7. The van der Waals surface area contributed by atoms with Gasteiger partial charge < -0.3 is 19.3 Å². The fourth-order valence-corrected chi connectivity index (χ4v) is 4.93. The number of rotatable bonds is 14. The first-order valence-electron chi connectivity index (χ1n) is 12.6. The number of hydrogen-bond acceptors (Lipinski definition) is 10. The summed E-state index contributed by atoms with van der Waals surface area (Å²) < 4.78 is 36.2. The fourth-order valence-electron chi connectivity index (χ4n) is 3.81. The molecule has 4 rings (SSSR count). The van der Waals surface area contributed by atoms with E-state index in [0.29, 0.717) is 44.6 Å². The molecule has 204 valence electrons. The third kappa shape index (κ3) is 7.73. The largest absolute Gasteiger partial charge is 0.491 e. The smallest absolute Gasteiger partial charge is 0.309 e. The van der Waals surface area contributed by atoms with Crippen LogP contribution in [0, 0.1) is 0 Å². The van der Waals surface area contributed by atoms with Gasteiger partial charge in [-0.15, -0.1) is 5.10 Å². The molecular weight excluding hydrogens is 512 g/mol. The summed E-state index contributed by atoms with van der Waals surface area (Å²) in [4.78, 5) is 11.3. The topological polar surface area (TPSA) is 157 Å². The van der Waals surface area contributed by atoms with Crippen LogP contribution in [0.1, 0.15) is 38.2 Å². The van der Waals surface area contributed by atoms with Gasteiger partial charge in [0.25, 0.3) is 0 Å². The predicted octanol–water partition coefficient (Wildman–Crippen LogP) is 1.58. The van der Waals surface area contributed by atoms with Gasteiger partial charge in [0.15, 0.2) is 0 Å². The summed E-state index contributed by atoms with van der Waals surface area (Å²) in [7, 11) is -3.60. The van der Waals surface area contributed by atoms with Gasteiger partial charge in [-0.2, -0.15) is 13.5 Å². The van der Waals surface area contributed by atoms with Crippen LogP contribution in [0.2, 0.25) is 0 Å². The molecule has 38 heavy (non-hydrogen) atoms. The van der Waals surface area contributed by atoms with Gasteiger partial charge in [0.2, 0.25) is 5.91 Å². The Morgan fingerprint density at radius 3 is 2.68 bits per heavy atom. The Labute approximate surface area is 221 Å². The average Bonchev–Trinajstić information content (AvgIpc) is 3.32. The molecule has 0 fully saturated rings. The average molecular weight is 545 g/mol. The molecule has 0 saturated heterocycles. The first-order chi connectivity index (χ1) is 18.3. The number of aromatic nitrogens is 3. The van der Waals surface area contributed by atoms with E-state index in [9.17, 15) is 18.3 Å². The lowest BCUT2D eigenvalue weighted by atomic mass is 10.0. The van der Waals surface area contributed by atoms with Gasteiger partial charge in [0.1, 0.15) is 29.7 Å². The third-order valence-corrected chi connectivity index (χ3v) is 7.10. The van der Waals surface area contributed by atoms with Crippen LogP contribution in [0.15, 0.2) is 47.6 Å². The molecule has 1 unspecified atom stereocenters. The Balaban J connectivity index is 1.18. The lowest BCUT2D eigenvalue weighted by Gasteiger charge is -2.14. The van der Waals surface area contributed by atoms with E-state index in [1.165, 1.54) is 12.1 Å². The van der Waals surface area contributed by atoms with Crippen LogP contribution in [0.5, 0.6) is 11.5 Å². The number of hydrogen-bond donors (Lipinski definition) is 3. The minimum atomic E-state index is -3.60. The maximum absolute atomic E-state index is 11.9. The van der Waals surface area contributed by atoms with E-state index in [0.717, 1.165) is 28.7 Å². The van der Waals surface area contributed by atoms with E-state index in [-0.39, 0.29) is 24.0 Å². The number of benzene rings is 2. The van der Waals surface area contributed by atoms with Crippen molar-refractivity contribution in [2.75, 3.05) is 25.4 Å². The first kappa shape index (κ1) is 27.5. The van der Waals surface area contributed by atoms with Crippen molar-refractivity contribution in [1.82, 2.24) is 25.7 Å². The summed E-state index contributed by atoms with van der Waals surface area (Å²) in [5.41, 5.74) is 5.85. The zero-order valence-electron chi connectivity index (χ0n) is 21.2. The monoisotopic (exact) mass is 544 g/mol. The predicted molar refractivity (Wildman–Crippen MR) is 142 cm³/mol. The highest BCUT2D eigenvalue weighted by atomic mass is 32.2. The van der Waals surface area contributed by atoms with E-state index >= 15 is 0 Å². The Morgan fingerprint density at radius 1 is 1.16 bits per heavy atom. The summed E-state index contributed by atoms with van der Waals surface area (Å²) in [6, 6.07) is 12.0. The maximum Gasteiger partial charge on any atom is 0.309 e. The first-order valence-corrected chi connectivity index (χ1v) is 14.1. The molecule has 2 heterocycles. The van der Waals surface area contributed by atoms with Crippen molar-refractivity contribution < 1.29 is 27.2 Å². The molecule has 2 aromatic carbocycles. The number of unbranched alkanes of at least 4 members (excludes halogenated alkanes) is 1. The van der Waals surface area contributed by atoms with Crippen molar-refractivity contribution in [3.63, 3.8) is 0 Å². The number of aliphatic hydroxyl groups is 1. The Hall–Kier alpha value is -3.55. The maximum atomic E-state index is 11.9. The number of amides is 1. The van der Waals surface area contributed by atoms with Crippen molar-refractivity contribution in [2.45, 2.75) is 45.3 Å². The fraction of sp³-hybridized carbons (Fsp3) is 0.440. The zero-order chi connectivity index (χ0) is 27.0. The summed E-state index contributed by atoms with van der Waals surface area (Å²) >= 11 is 0. The highest BCUT2D eigenvalue weighted by Gasteiger charge is 2.15. The number of ether oxygens (including phenoxy) is 1. The molecule has 0 saturated carbocycles. The van der Waals surface area contributed by atoms with Gasteiger partial charge in [0.05, 0.1) is 23.5 Å². The molecule has 1 amide bonds. The molecule has 3 aromatic rings. The van der Waals surface area contributed by atoms with Crippen LogP contribution < -0.4 is 19.7 Å². The van der Waals surface area contributed by atoms with Crippen molar-refractivity contribution >= 4 is 32.8 Å². The van der Waals surface area contributed by atoms with Crippen LogP contribution in [0.3, 0.4) is 0 Å². The minimum absolute atomic E-state index is 0.0207. The van der Waals surface area contributed by atoms with Gasteiger partial charge in [0, 0.05) is 31.5 Å². The minimum Gasteiger partial charge on any atom is -0.491 e. The van der Waals surface area contributed by atoms with Crippen molar-refractivity contribution in [3.05, 3.63) is 48.0 Å².